The van der Waals surface area contributed by atoms with Gasteiger partial charge in [0.25, 0.3) is 0 Å². The fourth-order valence-electron chi connectivity index (χ4n) is 2.98. The van der Waals surface area contributed by atoms with Crippen LogP contribution in [0.25, 0.3) is 22.3 Å². The van der Waals surface area contributed by atoms with Gasteiger partial charge in [-0.05, 0) is 42.5 Å². The van der Waals surface area contributed by atoms with Gasteiger partial charge in [0, 0.05) is 16.6 Å². The van der Waals surface area contributed by atoms with Crippen LogP contribution >= 0.6 is 0 Å². The molecule has 0 bridgehead atoms. The molecule has 0 radical (unpaired) electrons. The third-order valence-corrected chi connectivity index (χ3v) is 4.61. The van der Waals surface area contributed by atoms with Gasteiger partial charge < -0.3 is 20.5 Å². The van der Waals surface area contributed by atoms with E-state index in [1.165, 1.54) is 0 Å². The van der Waals surface area contributed by atoms with Gasteiger partial charge in [-0.3, -0.25) is 5.10 Å². The van der Waals surface area contributed by atoms with Crippen molar-refractivity contribution in [2.75, 3.05) is 25.1 Å². The van der Waals surface area contributed by atoms with E-state index in [9.17, 15) is 0 Å². The number of fused-ring (bicyclic) bond motifs is 1. The number of hydrogen-bond acceptors (Lipinski definition) is 7. The summed E-state index contributed by atoms with van der Waals surface area (Å²) in [5.74, 6) is 1.91. The average Bonchev–Trinajstić information content (AvgIpc) is 3.34. The third kappa shape index (κ3) is 3.28. The maximum Gasteiger partial charge on any atom is 0.223 e. The molecule has 28 heavy (non-hydrogen) atoms. The number of benzene rings is 2. The SMILES string of the molecule is NC1(COc2ccc(-c3n[nH]c(Nc4ccc5[nH]ncc5c4)n3)cc2)COC1. The lowest BCUT2D eigenvalue weighted by Gasteiger charge is -2.37. The van der Waals surface area contributed by atoms with Crippen LogP contribution in [-0.4, -0.2) is 50.7 Å². The maximum atomic E-state index is 6.08. The maximum absolute atomic E-state index is 6.08. The van der Waals surface area contributed by atoms with E-state index in [-0.39, 0.29) is 5.54 Å². The Kier molecular flexibility index (Phi) is 3.96. The zero-order chi connectivity index (χ0) is 19.0. The Bertz CT molecular complexity index is 1100. The summed E-state index contributed by atoms with van der Waals surface area (Å²) >= 11 is 0. The second-order valence-electron chi connectivity index (χ2n) is 6.97. The highest BCUT2D eigenvalue weighted by Gasteiger charge is 2.35. The standard InChI is InChI=1S/C19H19N7O2/c20-19(9-27-10-19)11-28-15-4-1-12(2-5-15)17-23-18(26-25-17)22-14-3-6-16-13(7-14)8-21-24-16/h1-8H,9-11,20H2,(H,21,24)(H2,22,23,25,26). The van der Waals surface area contributed by atoms with Crippen molar-refractivity contribution in [2.45, 2.75) is 5.54 Å². The summed E-state index contributed by atoms with van der Waals surface area (Å²) in [6.45, 7) is 1.50. The van der Waals surface area contributed by atoms with Crippen molar-refractivity contribution in [3.05, 3.63) is 48.7 Å². The van der Waals surface area contributed by atoms with Gasteiger partial charge in [0.1, 0.15) is 12.4 Å². The van der Waals surface area contributed by atoms with Gasteiger partial charge in [-0.1, -0.05) is 0 Å². The van der Waals surface area contributed by atoms with Crippen molar-refractivity contribution in [3.8, 4) is 17.1 Å². The van der Waals surface area contributed by atoms with Gasteiger partial charge in [-0.15, -0.1) is 0 Å². The zero-order valence-corrected chi connectivity index (χ0v) is 15.0. The first-order valence-electron chi connectivity index (χ1n) is 8.89. The van der Waals surface area contributed by atoms with E-state index in [0.29, 0.717) is 31.6 Å². The lowest BCUT2D eigenvalue weighted by Crippen LogP contribution is -2.61. The number of aromatic nitrogens is 5. The largest absolute Gasteiger partial charge is 0.491 e. The first kappa shape index (κ1) is 16.7. The predicted octanol–water partition coefficient (Wildman–Crippen LogP) is 2.20. The van der Waals surface area contributed by atoms with Crippen molar-refractivity contribution in [1.82, 2.24) is 25.4 Å². The van der Waals surface area contributed by atoms with Gasteiger partial charge in [-0.25, -0.2) is 5.10 Å². The number of hydrogen-bond donors (Lipinski definition) is 4. The molecule has 1 aliphatic heterocycles. The molecule has 1 aliphatic rings. The molecule has 3 heterocycles. The second-order valence-corrected chi connectivity index (χ2v) is 6.97. The average molecular weight is 377 g/mol. The van der Waals surface area contributed by atoms with Crippen molar-refractivity contribution in [1.29, 1.82) is 0 Å². The van der Waals surface area contributed by atoms with Gasteiger partial charge in [0.05, 0.1) is 30.5 Å². The quantitative estimate of drug-likeness (QED) is 0.406. The number of nitrogens with zero attached hydrogens (tertiary/aromatic N) is 3. The molecule has 9 heteroatoms. The molecule has 1 fully saturated rings. The summed E-state index contributed by atoms with van der Waals surface area (Å²) in [5.41, 5.74) is 8.47. The summed E-state index contributed by atoms with van der Waals surface area (Å²) in [6, 6.07) is 13.5. The Morgan fingerprint density at radius 2 is 2.00 bits per heavy atom. The van der Waals surface area contributed by atoms with Crippen LogP contribution in [0.3, 0.4) is 0 Å². The van der Waals surface area contributed by atoms with E-state index >= 15 is 0 Å². The molecule has 0 amide bonds. The molecule has 0 atom stereocenters. The molecule has 0 saturated carbocycles. The van der Waals surface area contributed by atoms with Crippen LogP contribution in [-0.2, 0) is 4.74 Å². The molecule has 0 aliphatic carbocycles. The zero-order valence-electron chi connectivity index (χ0n) is 15.0. The topological polar surface area (TPSA) is 127 Å². The van der Waals surface area contributed by atoms with Gasteiger partial charge in [-0.2, -0.15) is 15.2 Å². The monoisotopic (exact) mass is 377 g/mol. The van der Waals surface area contributed by atoms with Gasteiger partial charge in [0.15, 0.2) is 5.82 Å². The lowest BCUT2D eigenvalue weighted by atomic mass is 10.0. The molecule has 142 valence electrons. The number of nitrogens with two attached hydrogens (primary N) is 1. The van der Waals surface area contributed by atoms with Crippen molar-refractivity contribution in [3.63, 3.8) is 0 Å². The summed E-state index contributed by atoms with van der Waals surface area (Å²) in [7, 11) is 0. The highest BCUT2D eigenvalue weighted by Crippen LogP contribution is 2.24. The third-order valence-electron chi connectivity index (χ3n) is 4.61. The molecule has 0 unspecified atom stereocenters. The fraction of sp³-hybridized carbons (Fsp3) is 0.211. The Hall–Kier alpha value is -3.43. The van der Waals surface area contributed by atoms with Crippen LogP contribution in [0.4, 0.5) is 11.6 Å². The van der Waals surface area contributed by atoms with Crippen LogP contribution < -0.4 is 15.8 Å². The summed E-state index contributed by atoms with van der Waals surface area (Å²) < 4.78 is 10.9. The van der Waals surface area contributed by atoms with Crippen molar-refractivity contribution < 1.29 is 9.47 Å². The van der Waals surface area contributed by atoms with E-state index in [1.807, 2.05) is 42.5 Å². The van der Waals surface area contributed by atoms with E-state index in [2.05, 4.69) is 30.7 Å². The van der Waals surface area contributed by atoms with Crippen LogP contribution in [0.5, 0.6) is 5.75 Å². The first-order chi connectivity index (χ1) is 13.7. The molecule has 1 saturated heterocycles. The predicted molar refractivity (Wildman–Crippen MR) is 104 cm³/mol. The molecule has 4 aromatic rings. The summed E-state index contributed by atoms with van der Waals surface area (Å²) in [4.78, 5) is 4.50. The van der Waals surface area contributed by atoms with Gasteiger partial charge >= 0.3 is 0 Å². The molecule has 2 aromatic carbocycles. The lowest BCUT2D eigenvalue weighted by molar-refractivity contribution is -0.0722. The Morgan fingerprint density at radius 3 is 2.79 bits per heavy atom. The number of aromatic amines is 2. The summed E-state index contributed by atoms with van der Waals surface area (Å²) in [6.07, 6.45) is 1.78. The van der Waals surface area contributed by atoms with Crippen LogP contribution in [0, 0.1) is 0 Å². The van der Waals surface area contributed by atoms with E-state index in [0.717, 1.165) is 27.9 Å². The van der Waals surface area contributed by atoms with Crippen LogP contribution in [0.15, 0.2) is 48.7 Å². The smallest absolute Gasteiger partial charge is 0.223 e. The minimum atomic E-state index is -0.373. The molecule has 2 aromatic heterocycles. The minimum absolute atomic E-state index is 0.373. The Morgan fingerprint density at radius 1 is 1.14 bits per heavy atom. The minimum Gasteiger partial charge on any atom is -0.491 e. The number of H-pyrrole nitrogens is 2. The number of rotatable bonds is 6. The normalized spacial score (nSPS) is 15.3. The molecule has 5 N–H and O–H groups in total. The van der Waals surface area contributed by atoms with E-state index in [1.54, 1.807) is 6.20 Å². The van der Waals surface area contributed by atoms with Gasteiger partial charge in [0.2, 0.25) is 5.95 Å². The van der Waals surface area contributed by atoms with E-state index < -0.39 is 0 Å². The number of ether oxygens (including phenoxy) is 2. The van der Waals surface area contributed by atoms with E-state index in [4.69, 9.17) is 15.2 Å². The van der Waals surface area contributed by atoms with Crippen LogP contribution in [0.2, 0.25) is 0 Å². The molecular formula is C19H19N7O2. The highest BCUT2D eigenvalue weighted by molar-refractivity contribution is 5.82. The molecule has 9 nitrogen and oxygen atoms in total. The van der Waals surface area contributed by atoms with Crippen molar-refractivity contribution >= 4 is 22.5 Å². The van der Waals surface area contributed by atoms with Crippen LogP contribution in [0.1, 0.15) is 0 Å². The van der Waals surface area contributed by atoms with Crippen molar-refractivity contribution in [2.24, 2.45) is 5.73 Å². The fourth-order valence-corrected chi connectivity index (χ4v) is 2.98. The summed E-state index contributed by atoms with van der Waals surface area (Å²) in [5, 5.41) is 18.4. The molecule has 0 spiro atoms. The molecule has 5 rings (SSSR count). The first-order valence-corrected chi connectivity index (χ1v) is 8.89. The number of anilines is 2. The highest BCUT2D eigenvalue weighted by atomic mass is 16.5. The Labute approximate surface area is 160 Å². The number of nitrogens with one attached hydrogen (secondary N) is 3. The molecular weight excluding hydrogens is 358 g/mol. The Balaban J connectivity index is 1.26. The second kappa shape index (κ2) is 6.63.